The molecule has 0 atom stereocenters. The molecule has 1 N–H and O–H groups in total. The molecule has 0 saturated carbocycles. The molecule has 5 nitrogen and oxygen atoms in total. The largest absolute Gasteiger partial charge is 1.00 e. The van der Waals surface area contributed by atoms with Crippen molar-refractivity contribution in [2.75, 3.05) is 0 Å². The summed E-state index contributed by atoms with van der Waals surface area (Å²) in [6, 6.07) is 19.3. The van der Waals surface area contributed by atoms with E-state index in [0.29, 0.717) is 13.2 Å². The van der Waals surface area contributed by atoms with Gasteiger partial charge in [-0.1, -0.05) is 24.3 Å². The molecule has 4 aromatic rings. The van der Waals surface area contributed by atoms with Crippen molar-refractivity contribution in [3.63, 3.8) is 0 Å². The van der Waals surface area contributed by atoms with Crippen molar-refractivity contribution >= 4 is 17.1 Å². The molecule has 4 rings (SSSR count). The van der Waals surface area contributed by atoms with Gasteiger partial charge in [-0.3, -0.25) is 9.89 Å². The fourth-order valence-electron chi connectivity index (χ4n) is 2.71. The summed E-state index contributed by atoms with van der Waals surface area (Å²) >= 11 is 1.46. The number of hydrogen-bond donors (Lipinski definition) is 1. The monoisotopic (exact) mass is 411 g/mol. The molecule has 0 fully saturated rings. The van der Waals surface area contributed by atoms with Gasteiger partial charge in [0.2, 0.25) is 12.3 Å². The van der Waals surface area contributed by atoms with E-state index in [1.807, 2.05) is 83.0 Å². The van der Waals surface area contributed by atoms with Crippen LogP contribution in [0.15, 0.2) is 78.4 Å². The van der Waals surface area contributed by atoms with Gasteiger partial charge >= 0.3 is 0 Å². The van der Waals surface area contributed by atoms with Crippen molar-refractivity contribution in [2.45, 2.75) is 13.2 Å². The van der Waals surface area contributed by atoms with Gasteiger partial charge in [0.05, 0.1) is 21.8 Å². The summed E-state index contributed by atoms with van der Waals surface area (Å²) in [4.78, 5) is 13.1. The minimum Gasteiger partial charge on any atom is -1.00 e. The van der Waals surface area contributed by atoms with Gasteiger partial charge in [0, 0.05) is 6.07 Å². The second-order valence-electron chi connectivity index (χ2n) is 6.05. The molecule has 3 heterocycles. The zero-order valence-electron chi connectivity index (χ0n) is 14.9. The van der Waals surface area contributed by atoms with Crippen LogP contribution in [0.25, 0.3) is 11.3 Å². The van der Waals surface area contributed by atoms with E-state index >= 15 is 0 Å². The van der Waals surface area contributed by atoms with E-state index in [2.05, 4.69) is 10.2 Å². The summed E-state index contributed by atoms with van der Waals surface area (Å²) in [6.45, 7) is 0.726. The maximum atomic E-state index is 12.3. The van der Waals surface area contributed by atoms with Crippen LogP contribution in [0, 0.1) is 0 Å². The number of pyridine rings is 1. The van der Waals surface area contributed by atoms with Crippen LogP contribution in [0.3, 0.4) is 0 Å². The Bertz CT molecular complexity index is 1030. The number of carbonyl (C=O) groups is 1. The topological polar surface area (TPSA) is 58.9 Å². The molecule has 0 radical (unpaired) electrons. The van der Waals surface area contributed by atoms with Crippen molar-refractivity contribution in [3.8, 4) is 17.0 Å². The van der Waals surface area contributed by atoms with Crippen LogP contribution in [0.2, 0.25) is 0 Å². The van der Waals surface area contributed by atoms with E-state index in [1.54, 1.807) is 0 Å². The number of benzene rings is 1. The lowest BCUT2D eigenvalue weighted by Crippen LogP contribution is -3.00. The predicted octanol–water partition coefficient (Wildman–Crippen LogP) is 0.892. The van der Waals surface area contributed by atoms with Gasteiger partial charge < -0.3 is 17.1 Å². The number of carbonyl (C=O) groups excluding carboxylic acids is 1. The highest BCUT2D eigenvalue weighted by Crippen LogP contribution is 2.17. The number of aromatic amines is 1. The maximum Gasteiger partial charge on any atom is 0.237 e. The number of para-hydroxylation sites is 1. The van der Waals surface area contributed by atoms with E-state index in [-0.39, 0.29) is 18.2 Å². The molecule has 7 heteroatoms. The third-order valence-corrected chi connectivity index (χ3v) is 4.96. The molecule has 0 aliphatic heterocycles. The lowest BCUT2D eigenvalue weighted by atomic mass is 10.2. The number of Topliss-reactive ketones (excluding diaryl/α,β-unsaturated/α-hetero) is 1. The molecule has 28 heavy (non-hydrogen) atoms. The lowest BCUT2D eigenvalue weighted by Gasteiger charge is -2.02. The number of ether oxygens (including phenoxy) is 1. The molecule has 0 aliphatic rings. The average molecular weight is 412 g/mol. The Labute approximate surface area is 173 Å². The molecule has 0 aliphatic carbocycles. The number of hydrogen-bond acceptors (Lipinski definition) is 4. The SMILES string of the molecule is O=C(C[n+]1cccc(-c2cc(COc3ccccc3)[nH]n2)c1)c1cccs1.[Cl-]. The van der Waals surface area contributed by atoms with Crippen molar-refractivity contribution in [2.24, 2.45) is 0 Å². The van der Waals surface area contributed by atoms with Crippen molar-refractivity contribution in [1.82, 2.24) is 10.2 Å². The first-order chi connectivity index (χ1) is 13.3. The minimum absolute atomic E-state index is 0. The Morgan fingerprint density at radius 1 is 1.11 bits per heavy atom. The quantitative estimate of drug-likeness (QED) is 0.363. The van der Waals surface area contributed by atoms with Gasteiger partial charge in [-0.2, -0.15) is 9.67 Å². The second-order valence-corrected chi connectivity index (χ2v) is 6.99. The summed E-state index contributed by atoms with van der Waals surface area (Å²) in [6.07, 6.45) is 3.82. The van der Waals surface area contributed by atoms with Crippen LogP contribution in [-0.2, 0) is 13.2 Å². The summed E-state index contributed by atoms with van der Waals surface area (Å²) < 4.78 is 7.62. The first-order valence-corrected chi connectivity index (χ1v) is 9.44. The van der Waals surface area contributed by atoms with Gasteiger partial charge in [0.25, 0.3) is 0 Å². The van der Waals surface area contributed by atoms with Crippen LogP contribution in [-0.4, -0.2) is 16.0 Å². The number of ketones is 1. The molecular weight excluding hydrogens is 394 g/mol. The minimum atomic E-state index is 0. The molecule has 0 unspecified atom stereocenters. The smallest absolute Gasteiger partial charge is 0.237 e. The summed E-state index contributed by atoms with van der Waals surface area (Å²) in [5, 5.41) is 9.29. The van der Waals surface area contributed by atoms with E-state index < -0.39 is 0 Å². The van der Waals surface area contributed by atoms with Gasteiger partial charge in [-0.05, 0) is 35.7 Å². The Balaban J connectivity index is 0.00000225. The average Bonchev–Trinajstić information content (AvgIpc) is 3.40. The predicted molar refractivity (Wildman–Crippen MR) is 104 cm³/mol. The molecule has 3 aromatic heterocycles. The van der Waals surface area contributed by atoms with Gasteiger partial charge in [0.15, 0.2) is 12.4 Å². The van der Waals surface area contributed by atoms with E-state index in [1.165, 1.54) is 11.3 Å². The molecular formula is C21H18ClN3O2S. The molecule has 1 aromatic carbocycles. The number of halogens is 1. The third kappa shape index (κ3) is 4.85. The third-order valence-electron chi connectivity index (χ3n) is 4.04. The first kappa shape index (κ1) is 19.8. The van der Waals surface area contributed by atoms with Crippen LogP contribution in [0.4, 0.5) is 0 Å². The van der Waals surface area contributed by atoms with E-state index in [0.717, 1.165) is 27.6 Å². The summed E-state index contributed by atoms with van der Waals surface area (Å²) in [5.41, 5.74) is 2.65. The van der Waals surface area contributed by atoms with Crippen LogP contribution in [0.5, 0.6) is 5.75 Å². The Kier molecular flexibility index (Phi) is 6.57. The first-order valence-electron chi connectivity index (χ1n) is 8.56. The summed E-state index contributed by atoms with van der Waals surface area (Å²) in [5.74, 6) is 0.921. The highest BCUT2D eigenvalue weighted by molar-refractivity contribution is 7.12. The fraction of sp³-hybridized carbons (Fsp3) is 0.0952. The number of rotatable bonds is 7. The van der Waals surface area contributed by atoms with Gasteiger partial charge in [-0.25, -0.2) is 0 Å². The Morgan fingerprint density at radius 3 is 2.75 bits per heavy atom. The number of thiophene rings is 1. The number of H-pyrrole nitrogens is 1. The molecule has 0 bridgehead atoms. The molecule has 0 saturated heterocycles. The van der Waals surface area contributed by atoms with Crippen molar-refractivity contribution in [3.05, 3.63) is 89.0 Å². The Hall–Kier alpha value is -2.96. The van der Waals surface area contributed by atoms with Gasteiger partial charge in [-0.15, -0.1) is 11.3 Å². The normalized spacial score (nSPS) is 10.3. The van der Waals surface area contributed by atoms with E-state index in [4.69, 9.17) is 4.74 Å². The standard InChI is InChI=1S/C21H18N3O2S.ClH/c25-20(21-9-5-11-27-21)14-24-10-4-6-16(13-24)19-12-17(22-23-19)15-26-18-7-2-1-3-8-18;/h1-13H,14-15H2,(H,22,23);1H/q+1;/p-1. The number of nitrogens with one attached hydrogen (secondary N) is 1. The zero-order valence-corrected chi connectivity index (χ0v) is 16.5. The van der Waals surface area contributed by atoms with Gasteiger partial charge in [0.1, 0.15) is 12.4 Å². The highest BCUT2D eigenvalue weighted by atomic mass is 35.5. The Morgan fingerprint density at radius 2 is 1.96 bits per heavy atom. The zero-order chi connectivity index (χ0) is 18.5. The van der Waals surface area contributed by atoms with Crippen LogP contribution >= 0.6 is 11.3 Å². The number of nitrogens with zero attached hydrogens (tertiary/aromatic N) is 2. The molecule has 0 amide bonds. The van der Waals surface area contributed by atoms with Crippen LogP contribution < -0.4 is 21.7 Å². The number of aromatic nitrogens is 3. The lowest BCUT2D eigenvalue weighted by molar-refractivity contribution is -0.682. The summed E-state index contributed by atoms with van der Waals surface area (Å²) in [7, 11) is 0. The second kappa shape index (κ2) is 9.30. The van der Waals surface area contributed by atoms with Crippen molar-refractivity contribution < 1.29 is 26.5 Å². The van der Waals surface area contributed by atoms with Crippen molar-refractivity contribution in [1.29, 1.82) is 0 Å². The molecule has 0 spiro atoms. The molecule has 142 valence electrons. The van der Waals surface area contributed by atoms with Crippen LogP contribution in [0.1, 0.15) is 15.4 Å². The highest BCUT2D eigenvalue weighted by Gasteiger charge is 2.15. The maximum absolute atomic E-state index is 12.3. The van der Waals surface area contributed by atoms with E-state index in [9.17, 15) is 4.79 Å². The fourth-order valence-corrected chi connectivity index (χ4v) is 3.37.